The van der Waals surface area contributed by atoms with Crippen LogP contribution in [-0.2, 0) is 11.2 Å². The fraction of sp³-hybridized carbons (Fsp3) is 0.278. The number of anilines is 1. The molecule has 0 radical (unpaired) electrons. The summed E-state index contributed by atoms with van der Waals surface area (Å²) < 4.78 is 5.69. The van der Waals surface area contributed by atoms with Gasteiger partial charge in [-0.1, -0.05) is 42.5 Å². The summed E-state index contributed by atoms with van der Waals surface area (Å²) in [6.45, 7) is 3.89. The van der Waals surface area contributed by atoms with Crippen molar-refractivity contribution in [3.05, 3.63) is 60.2 Å². The molecule has 0 bridgehead atoms. The maximum Gasteiger partial charge on any atom is 0.241 e. The number of ether oxygens (including phenoxy) is 1. The lowest BCUT2D eigenvalue weighted by atomic mass is 10.1. The van der Waals surface area contributed by atoms with Gasteiger partial charge < -0.3 is 15.8 Å². The average Bonchev–Trinajstić information content (AvgIpc) is 2.49. The zero-order chi connectivity index (χ0) is 15.9. The number of nitrogens with two attached hydrogens (primary N) is 1. The average molecular weight is 298 g/mol. The van der Waals surface area contributed by atoms with Crippen LogP contribution in [0.4, 0.5) is 5.69 Å². The van der Waals surface area contributed by atoms with Gasteiger partial charge in [-0.15, -0.1) is 0 Å². The van der Waals surface area contributed by atoms with Gasteiger partial charge >= 0.3 is 0 Å². The Balaban J connectivity index is 2.02. The third-order valence-electron chi connectivity index (χ3n) is 3.14. The zero-order valence-corrected chi connectivity index (χ0v) is 13.0. The molecule has 0 unspecified atom stereocenters. The minimum absolute atomic E-state index is 0.0380. The summed E-state index contributed by atoms with van der Waals surface area (Å²) in [5.74, 6) is 0.432. The second kappa shape index (κ2) is 7.61. The highest BCUT2D eigenvalue weighted by Crippen LogP contribution is 2.25. The number of para-hydroxylation sites is 2. The number of amides is 1. The van der Waals surface area contributed by atoms with E-state index in [1.54, 1.807) is 0 Å². The first kappa shape index (κ1) is 16.0. The van der Waals surface area contributed by atoms with Crippen molar-refractivity contribution in [3.63, 3.8) is 0 Å². The first-order valence-corrected chi connectivity index (χ1v) is 7.42. The molecule has 4 nitrogen and oxygen atoms in total. The Hall–Kier alpha value is -2.33. The molecule has 2 rings (SSSR count). The highest BCUT2D eigenvalue weighted by molar-refractivity contribution is 5.96. The molecule has 0 aliphatic carbocycles. The lowest BCUT2D eigenvalue weighted by Gasteiger charge is -2.17. The van der Waals surface area contributed by atoms with E-state index in [1.165, 1.54) is 0 Å². The Morgan fingerprint density at radius 3 is 2.41 bits per heavy atom. The Labute approximate surface area is 131 Å². The van der Waals surface area contributed by atoms with Crippen molar-refractivity contribution in [2.75, 3.05) is 5.32 Å². The molecular formula is C18H22N2O2. The highest BCUT2D eigenvalue weighted by atomic mass is 16.5. The van der Waals surface area contributed by atoms with Crippen LogP contribution in [0.1, 0.15) is 19.4 Å². The van der Waals surface area contributed by atoms with Gasteiger partial charge in [0.05, 0.1) is 17.8 Å². The molecule has 22 heavy (non-hydrogen) atoms. The molecule has 3 N–H and O–H groups in total. The van der Waals surface area contributed by atoms with Gasteiger partial charge in [-0.05, 0) is 38.0 Å². The van der Waals surface area contributed by atoms with Gasteiger partial charge in [0.25, 0.3) is 0 Å². The van der Waals surface area contributed by atoms with E-state index in [4.69, 9.17) is 10.5 Å². The summed E-state index contributed by atoms with van der Waals surface area (Å²) in [5, 5.41) is 2.85. The van der Waals surface area contributed by atoms with E-state index in [9.17, 15) is 4.79 Å². The van der Waals surface area contributed by atoms with Crippen molar-refractivity contribution in [2.24, 2.45) is 5.73 Å². The second-order valence-electron chi connectivity index (χ2n) is 5.45. The second-order valence-corrected chi connectivity index (χ2v) is 5.45. The maximum absolute atomic E-state index is 12.3. The van der Waals surface area contributed by atoms with Crippen molar-refractivity contribution in [1.82, 2.24) is 0 Å². The van der Waals surface area contributed by atoms with E-state index in [-0.39, 0.29) is 12.0 Å². The van der Waals surface area contributed by atoms with Crippen LogP contribution in [0, 0.1) is 0 Å². The topological polar surface area (TPSA) is 64.3 Å². The summed E-state index contributed by atoms with van der Waals surface area (Å²) >= 11 is 0. The third-order valence-corrected chi connectivity index (χ3v) is 3.14. The normalized spacial score (nSPS) is 12.0. The Kier molecular flexibility index (Phi) is 5.55. The largest absolute Gasteiger partial charge is 0.489 e. The molecule has 0 saturated heterocycles. The highest BCUT2D eigenvalue weighted by Gasteiger charge is 2.16. The summed E-state index contributed by atoms with van der Waals surface area (Å²) in [6.07, 6.45) is 0.538. The number of hydrogen-bond donors (Lipinski definition) is 2. The van der Waals surface area contributed by atoms with Crippen LogP contribution < -0.4 is 15.8 Å². The van der Waals surface area contributed by atoms with Gasteiger partial charge in [-0.2, -0.15) is 0 Å². The van der Waals surface area contributed by atoms with Gasteiger partial charge in [0, 0.05) is 0 Å². The van der Waals surface area contributed by atoms with Gasteiger partial charge in [-0.3, -0.25) is 4.79 Å². The van der Waals surface area contributed by atoms with Crippen LogP contribution >= 0.6 is 0 Å². The molecule has 1 amide bonds. The lowest BCUT2D eigenvalue weighted by Crippen LogP contribution is -2.37. The number of carbonyl (C=O) groups excluding carboxylic acids is 1. The first-order valence-electron chi connectivity index (χ1n) is 7.42. The predicted octanol–water partition coefficient (Wildman–Crippen LogP) is 2.98. The van der Waals surface area contributed by atoms with Crippen LogP contribution in [0.5, 0.6) is 5.75 Å². The molecule has 0 aliphatic rings. The van der Waals surface area contributed by atoms with Gasteiger partial charge in [0.2, 0.25) is 5.91 Å². The van der Waals surface area contributed by atoms with E-state index in [2.05, 4.69) is 5.32 Å². The monoisotopic (exact) mass is 298 g/mol. The quantitative estimate of drug-likeness (QED) is 0.861. The third kappa shape index (κ3) is 4.60. The smallest absolute Gasteiger partial charge is 0.241 e. The van der Waals surface area contributed by atoms with Crippen LogP contribution in [0.2, 0.25) is 0 Å². The molecule has 0 fully saturated rings. The molecular weight excluding hydrogens is 276 g/mol. The van der Waals surface area contributed by atoms with Gasteiger partial charge in [0.15, 0.2) is 0 Å². The SMILES string of the molecule is CC(C)Oc1ccccc1NC(=O)[C@@H](N)Cc1ccccc1. The van der Waals surface area contributed by atoms with Crippen molar-refractivity contribution in [1.29, 1.82) is 0 Å². The lowest BCUT2D eigenvalue weighted by molar-refractivity contribution is -0.117. The molecule has 0 spiro atoms. The van der Waals surface area contributed by atoms with Crippen LogP contribution in [0.3, 0.4) is 0 Å². The van der Waals surface area contributed by atoms with Gasteiger partial charge in [0.1, 0.15) is 5.75 Å². The van der Waals surface area contributed by atoms with Gasteiger partial charge in [-0.25, -0.2) is 0 Å². The summed E-state index contributed by atoms with van der Waals surface area (Å²) in [6, 6.07) is 16.5. The van der Waals surface area contributed by atoms with E-state index in [1.807, 2.05) is 68.4 Å². The molecule has 4 heteroatoms. The standard InChI is InChI=1S/C18H22N2O2/c1-13(2)22-17-11-7-6-10-16(17)20-18(21)15(19)12-14-8-4-3-5-9-14/h3-11,13,15H,12,19H2,1-2H3,(H,20,21)/t15-/m0/s1. The summed E-state index contributed by atoms with van der Waals surface area (Å²) in [4.78, 5) is 12.3. The molecule has 0 heterocycles. The molecule has 2 aromatic carbocycles. The number of hydrogen-bond acceptors (Lipinski definition) is 3. The fourth-order valence-corrected chi connectivity index (χ4v) is 2.11. The Morgan fingerprint density at radius 2 is 1.73 bits per heavy atom. The fourth-order valence-electron chi connectivity index (χ4n) is 2.11. The van der Waals surface area contributed by atoms with E-state index in [0.29, 0.717) is 17.9 Å². The van der Waals surface area contributed by atoms with Crippen LogP contribution in [-0.4, -0.2) is 18.1 Å². The summed E-state index contributed by atoms with van der Waals surface area (Å²) in [5.41, 5.74) is 7.68. The number of nitrogens with one attached hydrogen (secondary N) is 1. The molecule has 2 aromatic rings. The zero-order valence-electron chi connectivity index (χ0n) is 13.0. The molecule has 0 saturated carbocycles. The van der Waals surface area contributed by atoms with Crippen LogP contribution in [0.25, 0.3) is 0 Å². The number of rotatable bonds is 6. The van der Waals surface area contributed by atoms with Crippen molar-refractivity contribution < 1.29 is 9.53 Å². The van der Waals surface area contributed by atoms with Crippen LogP contribution in [0.15, 0.2) is 54.6 Å². The number of carbonyl (C=O) groups is 1. The van der Waals surface area contributed by atoms with E-state index < -0.39 is 6.04 Å². The van der Waals surface area contributed by atoms with Crippen molar-refractivity contribution >= 4 is 11.6 Å². The maximum atomic E-state index is 12.3. The molecule has 0 aromatic heterocycles. The summed E-state index contributed by atoms with van der Waals surface area (Å²) in [7, 11) is 0. The first-order chi connectivity index (χ1) is 10.6. The molecule has 0 aliphatic heterocycles. The molecule has 1 atom stereocenters. The Bertz CT molecular complexity index is 611. The molecule has 116 valence electrons. The van der Waals surface area contributed by atoms with Crippen molar-refractivity contribution in [2.45, 2.75) is 32.4 Å². The Morgan fingerprint density at radius 1 is 1.09 bits per heavy atom. The van der Waals surface area contributed by atoms with E-state index in [0.717, 1.165) is 5.56 Å². The van der Waals surface area contributed by atoms with Crippen molar-refractivity contribution in [3.8, 4) is 5.75 Å². The number of benzene rings is 2. The van der Waals surface area contributed by atoms with E-state index >= 15 is 0 Å². The predicted molar refractivity (Wildman–Crippen MR) is 89.0 cm³/mol. The minimum Gasteiger partial charge on any atom is -0.489 e. The minimum atomic E-state index is -0.602.